The molecule has 0 aliphatic carbocycles. The summed E-state index contributed by atoms with van der Waals surface area (Å²) < 4.78 is 0. The molecule has 1 aromatic rings. The highest BCUT2D eigenvalue weighted by atomic mass is 15.1. The van der Waals surface area contributed by atoms with Crippen LogP contribution in [-0.2, 0) is 0 Å². The molecule has 0 aliphatic rings. The Hall–Kier alpha value is -1.55. The number of rotatable bonds is 7. The Kier molecular flexibility index (Phi) is 7.23. The highest BCUT2D eigenvalue weighted by Gasteiger charge is 2.20. The smallest absolute Gasteiger partial charge is 0.193 e. The van der Waals surface area contributed by atoms with Crippen LogP contribution in [0, 0.1) is 12.8 Å². The third-order valence-corrected chi connectivity index (χ3v) is 4.03. The lowest BCUT2D eigenvalue weighted by atomic mass is 9.93. The molecule has 21 heavy (non-hydrogen) atoms. The third kappa shape index (κ3) is 5.76. The van der Waals surface area contributed by atoms with Crippen LogP contribution in [0.5, 0.6) is 0 Å². The molecule has 0 amide bonds. The first-order valence-electron chi connectivity index (χ1n) is 7.77. The van der Waals surface area contributed by atoms with Crippen molar-refractivity contribution < 1.29 is 0 Å². The molecular weight excluding hydrogens is 260 g/mol. The monoisotopic (exact) mass is 290 g/mol. The van der Waals surface area contributed by atoms with Crippen LogP contribution < -0.4 is 11.1 Å². The van der Waals surface area contributed by atoms with Crippen molar-refractivity contribution in [3.8, 4) is 0 Å². The molecule has 4 heteroatoms. The van der Waals surface area contributed by atoms with E-state index in [1.165, 1.54) is 18.4 Å². The number of guanidine groups is 1. The van der Waals surface area contributed by atoms with Gasteiger partial charge in [-0.2, -0.15) is 0 Å². The van der Waals surface area contributed by atoms with Crippen LogP contribution in [0.4, 0.5) is 5.69 Å². The normalized spacial score (nSPS) is 13.8. The number of nitrogens with zero attached hydrogens (tertiary/aromatic N) is 2. The summed E-state index contributed by atoms with van der Waals surface area (Å²) in [6, 6.07) is 8.58. The molecule has 118 valence electrons. The number of nitrogens with one attached hydrogen (secondary N) is 1. The second-order valence-corrected chi connectivity index (χ2v) is 5.82. The first-order chi connectivity index (χ1) is 9.97. The first kappa shape index (κ1) is 17.5. The zero-order chi connectivity index (χ0) is 15.8. The van der Waals surface area contributed by atoms with Crippen LogP contribution in [0.2, 0.25) is 0 Å². The predicted molar refractivity (Wildman–Crippen MR) is 92.8 cm³/mol. The van der Waals surface area contributed by atoms with E-state index < -0.39 is 0 Å². The zero-order valence-corrected chi connectivity index (χ0v) is 14.1. The molecule has 0 radical (unpaired) electrons. The van der Waals surface area contributed by atoms with Crippen LogP contribution >= 0.6 is 0 Å². The van der Waals surface area contributed by atoms with Gasteiger partial charge in [0.25, 0.3) is 0 Å². The molecule has 1 unspecified atom stereocenters. The van der Waals surface area contributed by atoms with Gasteiger partial charge < -0.3 is 16.0 Å². The second-order valence-electron chi connectivity index (χ2n) is 5.82. The summed E-state index contributed by atoms with van der Waals surface area (Å²) in [5.74, 6) is 1.13. The summed E-state index contributed by atoms with van der Waals surface area (Å²) in [6.07, 6.45) is 2.33. The van der Waals surface area contributed by atoms with Gasteiger partial charge in [-0.05, 0) is 39.1 Å². The molecule has 1 rings (SSSR count). The summed E-state index contributed by atoms with van der Waals surface area (Å²) in [5.41, 5.74) is 8.21. The van der Waals surface area contributed by atoms with E-state index in [0.717, 1.165) is 12.2 Å². The minimum Gasteiger partial charge on any atom is -0.370 e. The molecule has 0 fully saturated rings. The fraction of sp³-hybridized carbons (Fsp3) is 0.588. The van der Waals surface area contributed by atoms with E-state index >= 15 is 0 Å². The number of hydrogen-bond acceptors (Lipinski definition) is 2. The third-order valence-electron chi connectivity index (χ3n) is 4.03. The summed E-state index contributed by atoms with van der Waals surface area (Å²) in [7, 11) is 4.23. The molecule has 0 aromatic heterocycles. The fourth-order valence-corrected chi connectivity index (χ4v) is 2.58. The van der Waals surface area contributed by atoms with Gasteiger partial charge in [-0.3, -0.25) is 4.99 Å². The van der Waals surface area contributed by atoms with Crippen molar-refractivity contribution in [2.45, 2.75) is 39.7 Å². The lowest BCUT2D eigenvalue weighted by Crippen LogP contribution is -2.38. The first-order valence-corrected chi connectivity index (χ1v) is 7.77. The van der Waals surface area contributed by atoms with E-state index in [9.17, 15) is 0 Å². The molecule has 3 N–H and O–H groups in total. The molecule has 0 bridgehead atoms. The molecule has 1 atom stereocenters. The maximum atomic E-state index is 6.00. The predicted octanol–water partition coefficient (Wildman–Crippen LogP) is 3.09. The Balaban J connectivity index is 2.65. The van der Waals surface area contributed by atoms with Gasteiger partial charge in [0.2, 0.25) is 0 Å². The van der Waals surface area contributed by atoms with Crippen molar-refractivity contribution in [3.05, 3.63) is 29.8 Å². The van der Waals surface area contributed by atoms with Crippen LogP contribution in [0.1, 0.15) is 32.3 Å². The molecule has 4 nitrogen and oxygen atoms in total. The Labute approximate surface area is 129 Å². The minimum absolute atomic E-state index is 0.429. The van der Waals surface area contributed by atoms with E-state index in [1.807, 2.05) is 12.1 Å². The zero-order valence-electron chi connectivity index (χ0n) is 14.1. The van der Waals surface area contributed by atoms with E-state index in [1.54, 1.807) is 0 Å². The number of benzene rings is 1. The number of likely N-dealkylation sites (N-methyl/N-ethyl adjacent to an activating group) is 1. The maximum Gasteiger partial charge on any atom is 0.193 e. The molecule has 0 aliphatic heterocycles. The summed E-state index contributed by atoms with van der Waals surface area (Å²) in [4.78, 5) is 6.77. The molecule has 0 spiro atoms. The number of aryl methyl sites for hydroxylation is 1. The number of aliphatic imine (C=N–C) groups is 1. The lowest BCUT2D eigenvalue weighted by molar-refractivity contribution is 0.206. The van der Waals surface area contributed by atoms with E-state index in [-0.39, 0.29) is 0 Å². The van der Waals surface area contributed by atoms with Gasteiger partial charge in [-0.25, -0.2) is 0 Å². The average molecular weight is 290 g/mol. The van der Waals surface area contributed by atoms with Gasteiger partial charge >= 0.3 is 0 Å². The number of anilines is 1. The number of nitrogens with two attached hydrogens (primary N) is 1. The van der Waals surface area contributed by atoms with Crippen LogP contribution in [0.25, 0.3) is 0 Å². The van der Waals surface area contributed by atoms with Gasteiger partial charge in [0.05, 0.1) is 6.54 Å². The fourth-order valence-electron chi connectivity index (χ4n) is 2.58. The van der Waals surface area contributed by atoms with Crippen LogP contribution in [-0.4, -0.2) is 37.5 Å². The topological polar surface area (TPSA) is 53.6 Å². The second kappa shape index (κ2) is 8.67. The molecule has 0 heterocycles. The molecule has 0 saturated heterocycles. The van der Waals surface area contributed by atoms with Gasteiger partial charge in [-0.15, -0.1) is 0 Å². The minimum atomic E-state index is 0.429. The molecule has 1 aromatic carbocycles. The van der Waals surface area contributed by atoms with E-state index in [4.69, 9.17) is 5.73 Å². The molecule has 0 saturated carbocycles. The van der Waals surface area contributed by atoms with Crippen molar-refractivity contribution in [1.82, 2.24) is 4.90 Å². The van der Waals surface area contributed by atoms with Crippen LogP contribution in [0.15, 0.2) is 29.3 Å². The van der Waals surface area contributed by atoms with Crippen molar-refractivity contribution in [1.29, 1.82) is 0 Å². The number of hydrogen-bond donors (Lipinski definition) is 2. The SMILES string of the molecule is CCC(CC)C(CN=C(N)Nc1ccc(C)cc1)N(C)C. The summed E-state index contributed by atoms with van der Waals surface area (Å²) in [6.45, 7) is 7.27. The standard InChI is InChI=1S/C17H30N4/c1-6-14(7-2)16(21(4)5)12-19-17(18)20-15-10-8-13(3)9-11-15/h8-11,14,16H,6-7,12H2,1-5H3,(H3,18,19,20). The lowest BCUT2D eigenvalue weighted by Gasteiger charge is -2.30. The van der Waals surface area contributed by atoms with Crippen molar-refractivity contribution in [3.63, 3.8) is 0 Å². The summed E-state index contributed by atoms with van der Waals surface area (Å²) >= 11 is 0. The van der Waals surface area contributed by atoms with E-state index in [0.29, 0.717) is 17.9 Å². The Morgan fingerprint density at radius 2 is 1.76 bits per heavy atom. The van der Waals surface area contributed by atoms with E-state index in [2.05, 4.69) is 62.2 Å². The highest BCUT2D eigenvalue weighted by Crippen LogP contribution is 2.17. The Morgan fingerprint density at radius 3 is 2.24 bits per heavy atom. The largest absolute Gasteiger partial charge is 0.370 e. The average Bonchev–Trinajstić information content (AvgIpc) is 2.45. The quantitative estimate of drug-likeness (QED) is 0.599. The van der Waals surface area contributed by atoms with Crippen molar-refractivity contribution in [2.24, 2.45) is 16.6 Å². The van der Waals surface area contributed by atoms with Crippen molar-refractivity contribution >= 4 is 11.6 Å². The van der Waals surface area contributed by atoms with Gasteiger partial charge in [0.1, 0.15) is 0 Å². The van der Waals surface area contributed by atoms with Crippen molar-refractivity contribution in [2.75, 3.05) is 26.0 Å². The van der Waals surface area contributed by atoms with Gasteiger partial charge in [0, 0.05) is 11.7 Å². The Bertz CT molecular complexity index is 433. The highest BCUT2D eigenvalue weighted by molar-refractivity contribution is 5.92. The Morgan fingerprint density at radius 1 is 1.19 bits per heavy atom. The molecular formula is C17H30N4. The van der Waals surface area contributed by atoms with Gasteiger partial charge in [-0.1, -0.05) is 44.4 Å². The van der Waals surface area contributed by atoms with Gasteiger partial charge in [0.15, 0.2) is 5.96 Å². The van der Waals surface area contributed by atoms with Crippen LogP contribution in [0.3, 0.4) is 0 Å². The summed E-state index contributed by atoms with van der Waals surface area (Å²) in [5, 5.41) is 3.15. The maximum absolute atomic E-state index is 6.00.